The lowest BCUT2D eigenvalue weighted by Crippen LogP contribution is -2.43. The maximum atomic E-state index is 13.1. The average molecular weight is 385 g/mol. The van der Waals surface area contributed by atoms with Gasteiger partial charge in [0.2, 0.25) is 0 Å². The zero-order valence-electron chi connectivity index (χ0n) is 14.9. The maximum Gasteiger partial charge on any atom is 0.408 e. The van der Waals surface area contributed by atoms with Crippen molar-refractivity contribution >= 4 is 5.91 Å². The first-order chi connectivity index (χ1) is 12.7. The number of halogens is 4. The molecule has 1 aromatic heterocycles. The molecule has 0 aliphatic carbocycles. The number of aromatic nitrogens is 2. The summed E-state index contributed by atoms with van der Waals surface area (Å²) in [5.41, 5.74) is 1.62. The second kappa shape index (κ2) is 7.30. The lowest BCUT2D eigenvalue weighted by atomic mass is 10.0. The van der Waals surface area contributed by atoms with Gasteiger partial charge in [-0.15, -0.1) is 0 Å². The Kier molecular flexibility index (Phi) is 5.23. The Balaban J connectivity index is 1.94. The molecule has 1 fully saturated rings. The van der Waals surface area contributed by atoms with Crippen LogP contribution >= 0.6 is 0 Å². The summed E-state index contributed by atoms with van der Waals surface area (Å²) >= 11 is 0. The number of ether oxygens (including phenoxy) is 1. The van der Waals surface area contributed by atoms with Crippen LogP contribution in [0.25, 0.3) is 0 Å². The Hall–Kier alpha value is -2.42. The largest absolute Gasteiger partial charge is 0.408 e. The van der Waals surface area contributed by atoms with E-state index in [2.05, 4.69) is 5.10 Å². The topological polar surface area (TPSA) is 47.4 Å². The van der Waals surface area contributed by atoms with E-state index in [9.17, 15) is 22.4 Å². The van der Waals surface area contributed by atoms with Crippen molar-refractivity contribution in [3.05, 3.63) is 52.6 Å². The van der Waals surface area contributed by atoms with Crippen molar-refractivity contribution in [1.29, 1.82) is 0 Å². The molecular weight excluding hydrogens is 366 g/mol. The van der Waals surface area contributed by atoms with Gasteiger partial charge in [0.1, 0.15) is 12.4 Å². The molecule has 1 saturated heterocycles. The summed E-state index contributed by atoms with van der Waals surface area (Å²) in [6.07, 6.45) is -4.40. The van der Waals surface area contributed by atoms with E-state index >= 15 is 0 Å². The normalized spacial score (nSPS) is 18.0. The number of hydrogen-bond donors (Lipinski definition) is 0. The molecule has 2 heterocycles. The minimum atomic E-state index is -4.40. The summed E-state index contributed by atoms with van der Waals surface area (Å²) in [5, 5.41) is 4.00. The number of rotatable bonds is 3. The Morgan fingerprint density at radius 2 is 1.93 bits per heavy atom. The third-order valence-electron chi connectivity index (χ3n) is 4.58. The van der Waals surface area contributed by atoms with Gasteiger partial charge in [-0.3, -0.25) is 9.48 Å². The van der Waals surface area contributed by atoms with E-state index in [4.69, 9.17) is 4.74 Å². The molecule has 0 unspecified atom stereocenters. The molecule has 1 amide bonds. The molecule has 146 valence electrons. The predicted octanol–water partition coefficient (Wildman–Crippen LogP) is 3.42. The van der Waals surface area contributed by atoms with Gasteiger partial charge in [-0.25, -0.2) is 4.39 Å². The van der Waals surface area contributed by atoms with E-state index in [0.29, 0.717) is 29.1 Å². The molecule has 3 rings (SSSR count). The molecule has 1 atom stereocenters. The summed E-state index contributed by atoms with van der Waals surface area (Å²) in [4.78, 5) is 14.4. The van der Waals surface area contributed by atoms with Gasteiger partial charge in [0.05, 0.1) is 24.9 Å². The second-order valence-corrected chi connectivity index (χ2v) is 6.45. The third kappa shape index (κ3) is 4.13. The summed E-state index contributed by atoms with van der Waals surface area (Å²) in [6.45, 7) is 2.73. The van der Waals surface area contributed by atoms with Gasteiger partial charge in [0.25, 0.3) is 5.91 Å². The van der Waals surface area contributed by atoms with Crippen molar-refractivity contribution < 1.29 is 27.1 Å². The van der Waals surface area contributed by atoms with E-state index in [1.54, 1.807) is 18.7 Å². The van der Waals surface area contributed by atoms with Crippen LogP contribution in [0.2, 0.25) is 0 Å². The minimum Gasteiger partial charge on any atom is -0.377 e. The lowest BCUT2D eigenvalue weighted by Gasteiger charge is -2.36. The number of carbonyl (C=O) groups is 1. The van der Waals surface area contributed by atoms with Gasteiger partial charge in [-0.05, 0) is 38.1 Å². The van der Waals surface area contributed by atoms with E-state index in [-0.39, 0.29) is 19.1 Å². The molecular formula is C18H19F4N3O2. The molecule has 0 N–H and O–H groups in total. The molecule has 9 heteroatoms. The van der Waals surface area contributed by atoms with Crippen LogP contribution in [0.4, 0.5) is 17.6 Å². The molecule has 27 heavy (non-hydrogen) atoms. The van der Waals surface area contributed by atoms with Crippen molar-refractivity contribution in [3.63, 3.8) is 0 Å². The summed E-state index contributed by atoms with van der Waals surface area (Å²) in [6, 6.07) is 4.60. The van der Waals surface area contributed by atoms with Crippen LogP contribution in [0.1, 0.15) is 33.4 Å². The van der Waals surface area contributed by atoms with Crippen LogP contribution in [0, 0.1) is 19.7 Å². The molecule has 0 spiro atoms. The van der Waals surface area contributed by atoms with E-state index in [1.807, 2.05) is 0 Å². The van der Waals surface area contributed by atoms with Crippen LogP contribution in [-0.2, 0) is 11.3 Å². The number of alkyl halides is 3. The zero-order valence-corrected chi connectivity index (χ0v) is 14.9. The van der Waals surface area contributed by atoms with Crippen LogP contribution in [-0.4, -0.2) is 46.5 Å². The van der Waals surface area contributed by atoms with Crippen molar-refractivity contribution in [2.75, 3.05) is 19.8 Å². The standard InChI is InChI=1S/C18H19F4N3O2/c1-11-16(12(2)25(23-11)10-18(20,21)22)15-9-27-8-7-24(15)17(26)13-3-5-14(19)6-4-13/h3-6,15H,7-10H2,1-2H3/t15-/m0/s1. The number of amides is 1. The number of nitrogens with zero attached hydrogens (tertiary/aromatic N) is 3. The number of morpholine rings is 1. The number of aryl methyl sites for hydroxylation is 1. The summed E-state index contributed by atoms with van der Waals surface area (Å²) < 4.78 is 57.9. The molecule has 5 nitrogen and oxygen atoms in total. The highest BCUT2D eigenvalue weighted by Gasteiger charge is 2.35. The van der Waals surface area contributed by atoms with Crippen LogP contribution < -0.4 is 0 Å². The maximum absolute atomic E-state index is 13.1. The molecule has 0 radical (unpaired) electrons. The van der Waals surface area contributed by atoms with Crippen LogP contribution in [0.5, 0.6) is 0 Å². The van der Waals surface area contributed by atoms with Gasteiger partial charge >= 0.3 is 6.18 Å². The van der Waals surface area contributed by atoms with Gasteiger partial charge in [0.15, 0.2) is 0 Å². The van der Waals surface area contributed by atoms with Gasteiger partial charge < -0.3 is 9.64 Å². The quantitative estimate of drug-likeness (QED) is 0.761. The second-order valence-electron chi connectivity index (χ2n) is 6.45. The first kappa shape index (κ1) is 19.3. The lowest BCUT2D eigenvalue weighted by molar-refractivity contribution is -0.143. The van der Waals surface area contributed by atoms with Crippen molar-refractivity contribution in [3.8, 4) is 0 Å². The monoisotopic (exact) mass is 385 g/mol. The molecule has 1 aliphatic rings. The fourth-order valence-corrected chi connectivity index (χ4v) is 3.36. The third-order valence-corrected chi connectivity index (χ3v) is 4.58. The van der Waals surface area contributed by atoms with Crippen molar-refractivity contribution in [2.45, 2.75) is 32.6 Å². The smallest absolute Gasteiger partial charge is 0.377 e. The van der Waals surface area contributed by atoms with Crippen LogP contribution in [0.3, 0.4) is 0 Å². The zero-order chi connectivity index (χ0) is 19.8. The summed E-state index contributed by atoms with van der Waals surface area (Å²) in [5.74, 6) is -0.782. The highest BCUT2D eigenvalue weighted by Crippen LogP contribution is 2.31. The number of benzene rings is 1. The van der Waals surface area contributed by atoms with Gasteiger partial charge in [-0.1, -0.05) is 0 Å². The average Bonchev–Trinajstić information content (AvgIpc) is 2.87. The molecule has 0 saturated carbocycles. The summed E-state index contributed by atoms with van der Waals surface area (Å²) in [7, 11) is 0. The first-order valence-electron chi connectivity index (χ1n) is 8.42. The molecule has 0 bridgehead atoms. The fraction of sp³-hybridized carbons (Fsp3) is 0.444. The number of hydrogen-bond acceptors (Lipinski definition) is 3. The highest BCUT2D eigenvalue weighted by atomic mass is 19.4. The molecule has 1 aromatic carbocycles. The van der Waals surface area contributed by atoms with Crippen molar-refractivity contribution in [1.82, 2.24) is 14.7 Å². The SMILES string of the molecule is Cc1nn(CC(F)(F)F)c(C)c1[C@@H]1COCCN1C(=O)c1ccc(F)cc1. The Labute approximate surface area is 153 Å². The van der Waals surface area contributed by atoms with Gasteiger partial charge in [0, 0.05) is 23.4 Å². The van der Waals surface area contributed by atoms with Crippen molar-refractivity contribution in [2.24, 2.45) is 0 Å². The Morgan fingerprint density at radius 1 is 1.26 bits per heavy atom. The molecule has 1 aliphatic heterocycles. The van der Waals surface area contributed by atoms with Crippen LogP contribution in [0.15, 0.2) is 24.3 Å². The van der Waals surface area contributed by atoms with Gasteiger partial charge in [-0.2, -0.15) is 18.3 Å². The highest BCUT2D eigenvalue weighted by molar-refractivity contribution is 5.94. The van der Waals surface area contributed by atoms with E-state index < -0.39 is 24.6 Å². The Morgan fingerprint density at radius 3 is 2.56 bits per heavy atom. The predicted molar refractivity (Wildman–Crippen MR) is 88.8 cm³/mol. The van der Waals surface area contributed by atoms with E-state index in [1.165, 1.54) is 24.3 Å². The minimum absolute atomic E-state index is 0.159. The van der Waals surface area contributed by atoms with E-state index in [0.717, 1.165) is 4.68 Å². The first-order valence-corrected chi connectivity index (χ1v) is 8.42. The Bertz CT molecular complexity index is 830. The number of carbonyl (C=O) groups excluding carboxylic acids is 1. The fourth-order valence-electron chi connectivity index (χ4n) is 3.36. The molecule has 2 aromatic rings.